The van der Waals surface area contributed by atoms with Gasteiger partial charge in [-0.1, -0.05) is 24.3 Å². The van der Waals surface area contributed by atoms with Gasteiger partial charge in [0.25, 0.3) is 0 Å². The molecule has 0 unspecified atom stereocenters. The Bertz CT molecular complexity index is 556. The summed E-state index contributed by atoms with van der Waals surface area (Å²) in [7, 11) is 0. The third-order valence-electron chi connectivity index (χ3n) is 3.53. The molecule has 0 aliphatic carbocycles. The van der Waals surface area contributed by atoms with E-state index in [1.807, 2.05) is 0 Å². The zero-order chi connectivity index (χ0) is 21.1. The molecule has 6 heteroatoms. The van der Waals surface area contributed by atoms with Crippen LogP contribution in [-0.4, -0.2) is 36.1 Å². The Balaban J connectivity index is 2.83. The van der Waals surface area contributed by atoms with Gasteiger partial charge in [0.15, 0.2) is 11.9 Å². The largest absolute Gasteiger partial charge is 0.354 e. The average molecular weight is 389 g/mol. The van der Waals surface area contributed by atoms with Crippen LogP contribution in [0.25, 0.3) is 0 Å². The summed E-state index contributed by atoms with van der Waals surface area (Å²) in [4.78, 5) is 9.45. The highest BCUT2D eigenvalue weighted by Crippen LogP contribution is 2.08. The number of aliphatic imine (C=N–C) groups is 2. The van der Waals surface area contributed by atoms with E-state index in [1.165, 1.54) is 11.1 Å². The van der Waals surface area contributed by atoms with Crippen LogP contribution in [0, 0.1) is 0 Å². The van der Waals surface area contributed by atoms with Crippen LogP contribution < -0.4 is 21.3 Å². The summed E-state index contributed by atoms with van der Waals surface area (Å²) in [5, 5.41) is 13.5. The molecule has 1 aromatic rings. The Morgan fingerprint density at radius 3 is 1.25 bits per heavy atom. The number of rotatable bonds is 8. The minimum Gasteiger partial charge on any atom is -0.354 e. The van der Waals surface area contributed by atoms with Crippen molar-refractivity contribution in [2.24, 2.45) is 9.98 Å². The summed E-state index contributed by atoms with van der Waals surface area (Å²) in [6.45, 7) is 18.2. The standard InChI is InChI=1S/C22H40N6/c1-15(2)25-21(26-16(3)4)23-13-19-10-9-11-20(12-19)14-24-22(27-17(5)6)28-18(7)8/h9-12,15-18H,13-14H2,1-8H3,(H2,23,25,26)(H2,24,27,28). The topological polar surface area (TPSA) is 72.8 Å². The predicted octanol–water partition coefficient (Wildman–Crippen LogP) is 3.39. The smallest absolute Gasteiger partial charge is 0.191 e. The molecule has 158 valence electrons. The Hall–Kier alpha value is -2.24. The normalized spacial score (nSPS) is 11.0. The third-order valence-corrected chi connectivity index (χ3v) is 3.53. The summed E-state index contributed by atoms with van der Waals surface area (Å²) in [5.41, 5.74) is 2.35. The van der Waals surface area contributed by atoms with E-state index in [9.17, 15) is 0 Å². The summed E-state index contributed by atoms with van der Waals surface area (Å²) in [6.07, 6.45) is 0. The zero-order valence-electron chi connectivity index (χ0n) is 18.9. The van der Waals surface area contributed by atoms with Gasteiger partial charge in [-0.15, -0.1) is 0 Å². The van der Waals surface area contributed by atoms with Crippen LogP contribution in [0.15, 0.2) is 34.3 Å². The molecule has 0 saturated heterocycles. The maximum atomic E-state index is 4.72. The van der Waals surface area contributed by atoms with E-state index in [0.29, 0.717) is 37.3 Å². The highest BCUT2D eigenvalue weighted by Gasteiger charge is 2.05. The van der Waals surface area contributed by atoms with Crippen molar-refractivity contribution < 1.29 is 0 Å². The van der Waals surface area contributed by atoms with Gasteiger partial charge in [0.2, 0.25) is 0 Å². The minimum absolute atomic E-state index is 0.339. The van der Waals surface area contributed by atoms with Crippen molar-refractivity contribution >= 4 is 11.9 Å². The molecule has 1 rings (SSSR count). The Morgan fingerprint density at radius 2 is 0.964 bits per heavy atom. The van der Waals surface area contributed by atoms with Gasteiger partial charge in [-0.3, -0.25) is 0 Å². The molecule has 1 aromatic carbocycles. The van der Waals surface area contributed by atoms with Crippen molar-refractivity contribution in [2.45, 2.75) is 92.6 Å². The number of nitrogens with one attached hydrogen (secondary N) is 4. The maximum absolute atomic E-state index is 4.72. The molecule has 0 fully saturated rings. The molecule has 0 radical (unpaired) electrons. The van der Waals surface area contributed by atoms with Crippen LogP contribution in [0.1, 0.15) is 66.5 Å². The minimum atomic E-state index is 0.339. The molecule has 0 saturated carbocycles. The van der Waals surface area contributed by atoms with Crippen molar-refractivity contribution in [1.82, 2.24) is 21.3 Å². The predicted molar refractivity (Wildman–Crippen MR) is 122 cm³/mol. The van der Waals surface area contributed by atoms with Gasteiger partial charge in [0.1, 0.15) is 0 Å². The SMILES string of the molecule is CC(C)NC(=NCc1cccc(CN=C(NC(C)C)NC(C)C)c1)NC(C)C. The molecule has 0 aliphatic rings. The lowest BCUT2D eigenvalue weighted by molar-refractivity contribution is 0.655. The van der Waals surface area contributed by atoms with Gasteiger partial charge >= 0.3 is 0 Å². The fraction of sp³-hybridized carbons (Fsp3) is 0.636. The molecule has 4 N–H and O–H groups in total. The van der Waals surface area contributed by atoms with Crippen LogP contribution in [0.2, 0.25) is 0 Å². The summed E-state index contributed by atoms with van der Waals surface area (Å²) >= 11 is 0. The highest BCUT2D eigenvalue weighted by atomic mass is 15.2. The van der Waals surface area contributed by atoms with Crippen LogP contribution in [0.4, 0.5) is 0 Å². The van der Waals surface area contributed by atoms with E-state index >= 15 is 0 Å². The van der Waals surface area contributed by atoms with Gasteiger partial charge in [0, 0.05) is 24.2 Å². The molecular weight excluding hydrogens is 348 g/mol. The molecule has 6 nitrogen and oxygen atoms in total. The van der Waals surface area contributed by atoms with Gasteiger partial charge in [-0.25, -0.2) is 9.98 Å². The molecule has 0 aromatic heterocycles. The molecule has 0 bridgehead atoms. The Morgan fingerprint density at radius 1 is 0.643 bits per heavy atom. The van der Waals surface area contributed by atoms with E-state index in [1.54, 1.807) is 0 Å². The van der Waals surface area contributed by atoms with Crippen molar-refractivity contribution in [2.75, 3.05) is 0 Å². The second-order valence-electron chi connectivity index (χ2n) is 8.35. The molecule has 0 spiro atoms. The first-order valence-corrected chi connectivity index (χ1v) is 10.4. The van der Waals surface area contributed by atoms with Crippen LogP contribution in [0.5, 0.6) is 0 Å². The average Bonchev–Trinajstić information content (AvgIpc) is 2.56. The second-order valence-corrected chi connectivity index (χ2v) is 8.35. The van der Waals surface area contributed by atoms with E-state index in [-0.39, 0.29) is 0 Å². The van der Waals surface area contributed by atoms with Gasteiger partial charge < -0.3 is 21.3 Å². The fourth-order valence-corrected chi connectivity index (χ4v) is 2.53. The maximum Gasteiger partial charge on any atom is 0.191 e. The fourth-order valence-electron chi connectivity index (χ4n) is 2.53. The number of hydrogen-bond acceptors (Lipinski definition) is 2. The van der Waals surface area contributed by atoms with Crippen LogP contribution in [-0.2, 0) is 13.1 Å². The van der Waals surface area contributed by atoms with E-state index in [0.717, 1.165) is 11.9 Å². The molecule has 28 heavy (non-hydrogen) atoms. The number of guanidine groups is 2. The van der Waals surface area contributed by atoms with Crippen molar-refractivity contribution in [3.05, 3.63) is 35.4 Å². The Labute approximate surface area is 171 Å². The number of nitrogens with zero attached hydrogens (tertiary/aromatic N) is 2. The first-order valence-electron chi connectivity index (χ1n) is 10.4. The molecule has 0 amide bonds. The number of benzene rings is 1. The molecule has 0 heterocycles. The van der Waals surface area contributed by atoms with E-state index in [4.69, 9.17) is 9.98 Å². The van der Waals surface area contributed by atoms with Crippen molar-refractivity contribution in [3.8, 4) is 0 Å². The molecule has 0 aliphatic heterocycles. The molecule has 0 atom stereocenters. The third kappa shape index (κ3) is 10.8. The van der Waals surface area contributed by atoms with Crippen LogP contribution >= 0.6 is 0 Å². The van der Waals surface area contributed by atoms with Crippen LogP contribution in [0.3, 0.4) is 0 Å². The van der Waals surface area contributed by atoms with Crippen molar-refractivity contribution in [1.29, 1.82) is 0 Å². The first-order chi connectivity index (χ1) is 13.2. The first kappa shape index (κ1) is 23.8. The van der Waals surface area contributed by atoms with Gasteiger partial charge in [-0.2, -0.15) is 0 Å². The highest BCUT2D eigenvalue weighted by molar-refractivity contribution is 5.80. The van der Waals surface area contributed by atoms with Crippen molar-refractivity contribution in [3.63, 3.8) is 0 Å². The quantitative estimate of drug-likeness (QED) is 0.407. The number of hydrogen-bond donors (Lipinski definition) is 4. The summed E-state index contributed by atoms with van der Waals surface area (Å²) in [6, 6.07) is 9.83. The zero-order valence-corrected chi connectivity index (χ0v) is 18.9. The summed E-state index contributed by atoms with van der Waals surface area (Å²) < 4.78 is 0. The second kappa shape index (κ2) is 12.3. The van der Waals surface area contributed by atoms with Gasteiger partial charge in [0.05, 0.1) is 13.1 Å². The summed E-state index contributed by atoms with van der Waals surface area (Å²) in [5.74, 6) is 1.69. The lowest BCUT2D eigenvalue weighted by atomic mass is 10.1. The van der Waals surface area contributed by atoms with E-state index < -0.39 is 0 Å². The molecular formula is C22H40N6. The van der Waals surface area contributed by atoms with Gasteiger partial charge in [-0.05, 0) is 66.5 Å². The lowest BCUT2D eigenvalue weighted by Crippen LogP contribution is -2.44. The lowest BCUT2D eigenvalue weighted by Gasteiger charge is -2.18. The Kier molecular flexibility index (Phi) is 10.4. The monoisotopic (exact) mass is 388 g/mol. The van der Waals surface area contributed by atoms with E-state index in [2.05, 4.69) is 101 Å².